The van der Waals surface area contributed by atoms with E-state index in [0.29, 0.717) is 37.7 Å². The first-order chi connectivity index (χ1) is 13.3. The van der Waals surface area contributed by atoms with Crippen molar-refractivity contribution < 1.29 is 14.3 Å². The summed E-state index contributed by atoms with van der Waals surface area (Å²) >= 11 is 0. The highest BCUT2D eigenvalue weighted by atomic mass is 16.5. The molecule has 1 amide bonds. The molecule has 0 spiro atoms. The van der Waals surface area contributed by atoms with E-state index in [0.717, 1.165) is 17.1 Å². The molecule has 2 heterocycles. The van der Waals surface area contributed by atoms with Crippen molar-refractivity contribution in [2.24, 2.45) is 0 Å². The number of carbonyl (C=O) groups excluding carboxylic acids is 1. The van der Waals surface area contributed by atoms with Crippen LogP contribution in [-0.2, 0) is 13.2 Å². The van der Waals surface area contributed by atoms with E-state index in [9.17, 15) is 4.79 Å². The molecule has 0 atom stereocenters. The Kier molecular flexibility index (Phi) is 4.78. The predicted molar refractivity (Wildman–Crippen MR) is 102 cm³/mol. The summed E-state index contributed by atoms with van der Waals surface area (Å²) in [4.78, 5) is 14.8. The fourth-order valence-corrected chi connectivity index (χ4v) is 3.18. The third kappa shape index (κ3) is 3.51. The normalized spacial score (nSPS) is 13.4. The highest BCUT2D eigenvalue weighted by Gasteiger charge is 2.29. The first-order valence-corrected chi connectivity index (χ1v) is 9.04. The van der Waals surface area contributed by atoms with E-state index in [-0.39, 0.29) is 5.91 Å². The van der Waals surface area contributed by atoms with Crippen molar-refractivity contribution in [1.82, 2.24) is 9.78 Å². The summed E-state index contributed by atoms with van der Waals surface area (Å²) in [6, 6.07) is 19.0. The second-order valence-corrected chi connectivity index (χ2v) is 6.20. The molecule has 1 aromatic heterocycles. The third-order valence-corrected chi connectivity index (χ3v) is 4.42. The van der Waals surface area contributed by atoms with Crippen LogP contribution in [0.1, 0.15) is 23.1 Å². The van der Waals surface area contributed by atoms with Crippen LogP contribution in [0, 0.1) is 0 Å². The number of fused-ring (bicyclic) bond motifs is 1. The highest BCUT2D eigenvalue weighted by molar-refractivity contribution is 6.06. The van der Waals surface area contributed by atoms with Crippen molar-refractivity contribution in [1.29, 1.82) is 0 Å². The Hall–Kier alpha value is -3.28. The van der Waals surface area contributed by atoms with Crippen LogP contribution in [0.3, 0.4) is 0 Å². The zero-order valence-corrected chi connectivity index (χ0v) is 15.2. The van der Waals surface area contributed by atoms with Gasteiger partial charge in [-0.1, -0.05) is 30.3 Å². The van der Waals surface area contributed by atoms with Crippen LogP contribution in [0.5, 0.6) is 11.5 Å². The van der Waals surface area contributed by atoms with Crippen LogP contribution in [0.2, 0.25) is 0 Å². The molecule has 138 valence electrons. The molecule has 27 heavy (non-hydrogen) atoms. The van der Waals surface area contributed by atoms with E-state index in [1.807, 2.05) is 61.5 Å². The van der Waals surface area contributed by atoms with Gasteiger partial charge < -0.3 is 14.4 Å². The van der Waals surface area contributed by atoms with Gasteiger partial charge in [-0.15, -0.1) is 0 Å². The lowest BCUT2D eigenvalue weighted by Crippen LogP contribution is -2.40. The van der Waals surface area contributed by atoms with Crippen molar-refractivity contribution in [3.05, 3.63) is 72.1 Å². The molecule has 0 bridgehead atoms. The molecule has 2 aromatic carbocycles. The van der Waals surface area contributed by atoms with Crippen LogP contribution < -0.4 is 14.4 Å². The monoisotopic (exact) mass is 363 g/mol. The van der Waals surface area contributed by atoms with Gasteiger partial charge in [0.15, 0.2) is 0 Å². The van der Waals surface area contributed by atoms with E-state index >= 15 is 0 Å². The summed E-state index contributed by atoms with van der Waals surface area (Å²) in [5, 5.41) is 4.52. The van der Waals surface area contributed by atoms with E-state index in [1.165, 1.54) is 0 Å². The van der Waals surface area contributed by atoms with Gasteiger partial charge in [-0.2, -0.15) is 5.10 Å². The van der Waals surface area contributed by atoms with Crippen LogP contribution in [0.4, 0.5) is 5.69 Å². The highest BCUT2D eigenvalue weighted by Crippen LogP contribution is 2.31. The van der Waals surface area contributed by atoms with Gasteiger partial charge in [-0.3, -0.25) is 9.48 Å². The van der Waals surface area contributed by atoms with Gasteiger partial charge in [0.25, 0.3) is 5.91 Å². The smallest absolute Gasteiger partial charge is 0.276 e. The largest absolute Gasteiger partial charge is 0.492 e. The molecular weight excluding hydrogens is 342 g/mol. The minimum atomic E-state index is -0.0770. The van der Waals surface area contributed by atoms with Gasteiger partial charge in [0, 0.05) is 6.54 Å². The number of para-hydroxylation sites is 3. The molecule has 6 heteroatoms. The Morgan fingerprint density at radius 3 is 2.59 bits per heavy atom. The summed E-state index contributed by atoms with van der Waals surface area (Å²) in [7, 11) is 0. The van der Waals surface area contributed by atoms with E-state index in [2.05, 4.69) is 5.10 Å². The summed E-state index contributed by atoms with van der Waals surface area (Å²) in [5.41, 5.74) is 2.10. The molecule has 4 rings (SSSR count). The van der Waals surface area contributed by atoms with E-state index in [4.69, 9.17) is 9.47 Å². The number of carbonyl (C=O) groups is 1. The second kappa shape index (κ2) is 7.53. The van der Waals surface area contributed by atoms with Gasteiger partial charge in [-0.25, -0.2) is 0 Å². The number of hydrogen-bond acceptors (Lipinski definition) is 4. The molecule has 3 aromatic rings. The van der Waals surface area contributed by atoms with Crippen LogP contribution in [0.15, 0.2) is 60.7 Å². The van der Waals surface area contributed by atoms with E-state index < -0.39 is 0 Å². The Morgan fingerprint density at radius 1 is 1.00 bits per heavy atom. The fourth-order valence-electron chi connectivity index (χ4n) is 3.18. The maximum atomic E-state index is 13.0. The quantitative estimate of drug-likeness (QED) is 0.672. The lowest BCUT2D eigenvalue weighted by atomic mass is 10.2. The fraction of sp³-hybridized carbons (Fsp3) is 0.238. The van der Waals surface area contributed by atoms with Crippen LogP contribution >= 0.6 is 0 Å². The summed E-state index contributed by atoms with van der Waals surface area (Å²) in [6.07, 6.45) is 0. The Morgan fingerprint density at radius 2 is 1.78 bits per heavy atom. The van der Waals surface area contributed by atoms with Crippen molar-refractivity contribution in [3.8, 4) is 11.5 Å². The van der Waals surface area contributed by atoms with Crippen molar-refractivity contribution in [2.75, 3.05) is 18.1 Å². The van der Waals surface area contributed by atoms with Gasteiger partial charge in [0.2, 0.25) is 0 Å². The maximum absolute atomic E-state index is 13.0. The average molecular weight is 363 g/mol. The molecular formula is C21H21N3O3. The molecule has 0 N–H and O–H groups in total. The first-order valence-electron chi connectivity index (χ1n) is 9.04. The first kappa shape index (κ1) is 17.1. The summed E-state index contributed by atoms with van der Waals surface area (Å²) in [5.74, 6) is 1.42. The maximum Gasteiger partial charge on any atom is 0.276 e. The third-order valence-electron chi connectivity index (χ3n) is 4.42. The molecule has 0 unspecified atom stereocenters. The molecule has 0 fully saturated rings. The van der Waals surface area contributed by atoms with Crippen LogP contribution in [-0.4, -0.2) is 28.8 Å². The van der Waals surface area contributed by atoms with Crippen molar-refractivity contribution in [2.45, 2.75) is 20.1 Å². The lowest BCUT2D eigenvalue weighted by Gasteiger charge is -2.28. The molecule has 1 aliphatic rings. The zero-order valence-electron chi connectivity index (χ0n) is 15.2. The molecule has 0 radical (unpaired) electrons. The van der Waals surface area contributed by atoms with Gasteiger partial charge in [0.1, 0.15) is 29.5 Å². The number of hydrogen-bond donors (Lipinski definition) is 0. The number of ether oxygens (including phenoxy) is 2. The average Bonchev–Trinajstić information content (AvgIpc) is 3.13. The minimum absolute atomic E-state index is 0.0770. The Labute approximate surface area is 157 Å². The SMILES string of the molecule is CCOc1ccccc1N1CCn2nc(COc3ccccc3)cc2C1=O. The standard InChI is InChI=1S/C21H21N3O3/c1-2-26-20-11-7-6-10-18(20)23-12-13-24-19(21(23)25)14-16(22-24)15-27-17-8-4-3-5-9-17/h3-11,14H,2,12-13,15H2,1H3. The van der Waals surface area contributed by atoms with Crippen molar-refractivity contribution >= 4 is 11.6 Å². The topological polar surface area (TPSA) is 56.6 Å². The number of nitrogens with zero attached hydrogens (tertiary/aromatic N) is 3. The number of aromatic nitrogens is 2. The van der Waals surface area contributed by atoms with Gasteiger partial charge in [-0.05, 0) is 37.3 Å². The second-order valence-electron chi connectivity index (χ2n) is 6.20. The number of anilines is 1. The number of benzene rings is 2. The van der Waals surface area contributed by atoms with E-state index in [1.54, 1.807) is 15.6 Å². The molecule has 0 saturated carbocycles. The molecule has 0 aliphatic carbocycles. The molecule has 0 saturated heterocycles. The number of rotatable bonds is 6. The summed E-state index contributed by atoms with van der Waals surface area (Å²) < 4.78 is 13.2. The lowest BCUT2D eigenvalue weighted by molar-refractivity contribution is 0.0961. The predicted octanol–water partition coefficient (Wildman–Crippen LogP) is 3.52. The zero-order chi connectivity index (χ0) is 18.6. The van der Waals surface area contributed by atoms with Gasteiger partial charge >= 0.3 is 0 Å². The summed E-state index contributed by atoms with van der Waals surface area (Å²) in [6.45, 7) is 4.00. The number of amides is 1. The van der Waals surface area contributed by atoms with Crippen molar-refractivity contribution in [3.63, 3.8) is 0 Å². The Balaban J connectivity index is 1.54. The van der Waals surface area contributed by atoms with Gasteiger partial charge in [0.05, 0.1) is 18.8 Å². The molecule has 1 aliphatic heterocycles. The van der Waals surface area contributed by atoms with Crippen LogP contribution in [0.25, 0.3) is 0 Å². The minimum Gasteiger partial charge on any atom is -0.492 e. The molecule has 6 nitrogen and oxygen atoms in total. The Bertz CT molecular complexity index is 937.